The summed E-state index contributed by atoms with van der Waals surface area (Å²) in [7, 11) is 0. The van der Waals surface area contributed by atoms with Gasteiger partial charge in [0.2, 0.25) is 0 Å². The van der Waals surface area contributed by atoms with Crippen molar-refractivity contribution in [3.8, 4) is 0 Å². The molecule has 1 nitrogen and oxygen atoms in total. The molecule has 0 amide bonds. The predicted molar refractivity (Wildman–Crippen MR) is 36.4 cm³/mol. The first-order chi connectivity index (χ1) is 5.11. The number of benzene rings is 1. The summed E-state index contributed by atoms with van der Waals surface area (Å²) < 4.78 is 19.6. The van der Waals surface area contributed by atoms with Crippen molar-refractivity contribution >= 4 is 5.78 Å². The molecule has 0 spiro atoms. The number of carbonyl (C=O) groups is 1. The lowest BCUT2D eigenvalue weighted by atomic mass is 10.1. The average molecular weight is 139 g/mol. The van der Waals surface area contributed by atoms with E-state index >= 15 is 0 Å². The van der Waals surface area contributed by atoms with Gasteiger partial charge < -0.3 is 0 Å². The number of rotatable bonds is 1. The van der Waals surface area contributed by atoms with E-state index in [1.54, 1.807) is 0 Å². The van der Waals surface area contributed by atoms with Gasteiger partial charge in [-0.1, -0.05) is 12.1 Å². The van der Waals surface area contributed by atoms with Crippen molar-refractivity contribution in [2.24, 2.45) is 0 Å². The molecule has 2 heteroatoms. The molecule has 0 saturated heterocycles. The first kappa shape index (κ1) is 5.59. The monoisotopic (exact) mass is 139 g/mol. The lowest BCUT2D eigenvalue weighted by Crippen LogP contribution is -1.91. The molecule has 1 rings (SSSR count). The Kier molecular flexibility index (Phi) is 1.46. The molecule has 0 bridgehead atoms. The van der Waals surface area contributed by atoms with Gasteiger partial charge in [0.05, 0.1) is 1.37 Å². The zero-order valence-corrected chi connectivity index (χ0v) is 5.52. The fourth-order valence-corrected chi connectivity index (χ4v) is 0.656. The van der Waals surface area contributed by atoms with Crippen LogP contribution in [0.15, 0.2) is 24.2 Å². The summed E-state index contributed by atoms with van der Waals surface area (Å²) in [4.78, 5) is 10.7. The molecule has 0 aliphatic carbocycles. The van der Waals surface area contributed by atoms with Crippen molar-refractivity contribution < 1.29 is 10.6 Å². The zero-order chi connectivity index (χ0) is 8.43. The van der Waals surface area contributed by atoms with E-state index in [1.807, 2.05) is 0 Å². The van der Waals surface area contributed by atoms with Crippen LogP contribution in [0.5, 0.6) is 0 Å². The Balaban J connectivity index is 3.15. The maximum atomic E-state index is 12.6. The van der Waals surface area contributed by atoms with E-state index in [-0.39, 0.29) is 11.8 Å². The molecule has 10 heavy (non-hydrogen) atoms. The second-order valence-corrected chi connectivity index (χ2v) is 1.98. The third-order valence-electron chi connectivity index (χ3n) is 1.17. The van der Waals surface area contributed by atoms with E-state index in [0.717, 1.165) is 6.07 Å². The first-order valence-corrected chi connectivity index (χ1v) is 2.88. The normalized spacial score (nSPS) is 10.8. The van der Waals surface area contributed by atoms with Crippen molar-refractivity contribution in [3.05, 3.63) is 35.6 Å². The van der Waals surface area contributed by atoms with E-state index in [4.69, 9.17) is 1.37 Å². The van der Waals surface area contributed by atoms with Crippen LogP contribution in [0.1, 0.15) is 18.7 Å². The number of halogens is 1. The number of hydrogen-bond acceptors (Lipinski definition) is 1. The van der Waals surface area contributed by atoms with Gasteiger partial charge in [-0.05, 0) is 19.0 Å². The maximum Gasteiger partial charge on any atom is 0.159 e. The van der Waals surface area contributed by atoms with Crippen LogP contribution in [-0.2, 0) is 0 Å². The fourth-order valence-electron chi connectivity index (χ4n) is 0.656. The number of hydrogen-bond donors (Lipinski definition) is 0. The van der Waals surface area contributed by atoms with E-state index < -0.39 is 5.82 Å². The van der Waals surface area contributed by atoms with Gasteiger partial charge in [0.15, 0.2) is 5.78 Å². The van der Waals surface area contributed by atoms with Gasteiger partial charge in [-0.25, -0.2) is 4.39 Å². The lowest BCUT2D eigenvalue weighted by molar-refractivity contribution is 0.101. The van der Waals surface area contributed by atoms with Crippen LogP contribution in [0.25, 0.3) is 0 Å². The number of ketones is 1. The number of Topliss-reactive ketones (excluding diaryl/α,β-unsaturated/α-hetero) is 1. The molecule has 0 aromatic heterocycles. The summed E-state index contributed by atoms with van der Waals surface area (Å²) in [6.45, 7) is 1.36. The van der Waals surface area contributed by atoms with Crippen LogP contribution in [0.2, 0.25) is 0 Å². The minimum atomic E-state index is -0.655. The van der Waals surface area contributed by atoms with Crippen molar-refractivity contribution in [2.75, 3.05) is 0 Å². The minimum absolute atomic E-state index is 0.185. The smallest absolute Gasteiger partial charge is 0.159 e. The highest BCUT2D eigenvalue weighted by molar-refractivity contribution is 5.93. The first-order valence-electron chi connectivity index (χ1n) is 3.38. The van der Waals surface area contributed by atoms with Crippen LogP contribution in [0.3, 0.4) is 0 Å². The third kappa shape index (κ3) is 1.41. The maximum absolute atomic E-state index is 12.6. The van der Waals surface area contributed by atoms with Gasteiger partial charge in [0.25, 0.3) is 0 Å². The molecule has 0 aliphatic heterocycles. The topological polar surface area (TPSA) is 17.1 Å². The molecule has 0 N–H and O–H groups in total. The highest BCUT2D eigenvalue weighted by Crippen LogP contribution is 2.03. The molecule has 1 aromatic carbocycles. The van der Waals surface area contributed by atoms with Gasteiger partial charge in [-0.15, -0.1) is 0 Å². The van der Waals surface area contributed by atoms with Gasteiger partial charge >= 0.3 is 0 Å². The summed E-state index contributed by atoms with van der Waals surface area (Å²) in [5, 5.41) is 0. The summed E-state index contributed by atoms with van der Waals surface area (Å²) in [5.41, 5.74) is 0.304. The van der Waals surface area contributed by atoms with E-state index in [2.05, 4.69) is 0 Å². The van der Waals surface area contributed by atoms with Crippen LogP contribution in [0.4, 0.5) is 4.39 Å². The Hall–Kier alpha value is -1.18. The van der Waals surface area contributed by atoms with Gasteiger partial charge in [0, 0.05) is 5.56 Å². The van der Waals surface area contributed by atoms with Gasteiger partial charge in [-0.2, -0.15) is 0 Å². The standard InChI is InChI=1S/C8H7FO/c1-6(10)7-3-2-4-8(9)5-7/h2-5H,1H3/i4D. The van der Waals surface area contributed by atoms with E-state index in [0.29, 0.717) is 5.56 Å². The molecule has 0 saturated carbocycles. The van der Waals surface area contributed by atoms with E-state index in [1.165, 1.54) is 19.1 Å². The number of carbonyl (C=O) groups excluding carboxylic acids is 1. The molecule has 0 atom stereocenters. The Bertz CT molecular complexity index is 296. The van der Waals surface area contributed by atoms with Gasteiger partial charge in [-0.3, -0.25) is 4.79 Å². The lowest BCUT2D eigenvalue weighted by Gasteiger charge is -1.92. The van der Waals surface area contributed by atoms with Gasteiger partial charge in [0.1, 0.15) is 5.82 Å². The van der Waals surface area contributed by atoms with Crippen LogP contribution < -0.4 is 0 Å². The predicted octanol–water partition coefficient (Wildman–Crippen LogP) is 2.03. The Morgan fingerprint density at radius 1 is 1.80 bits per heavy atom. The second kappa shape index (κ2) is 2.60. The molecular formula is C8H7FO. The van der Waals surface area contributed by atoms with E-state index in [9.17, 15) is 9.18 Å². The highest BCUT2D eigenvalue weighted by atomic mass is 19.1. The highest BCUT2D eigenvalue weighted by Gasteiger charge is 1.97. The van der Waals surface area contributed by atoms with Crippen molar-refractivity contribution in [1.29, 1.82) is 0 Å². The minimum Gasteiger partial charge on any atom is -0.295 e. The Morgan fingerprint density at radius 3 is 3.00 bits per heavy atom. The average Bonchev–Trinajstić information content (AvgIpc) is 1.94. The summed E-state index contributed by atoms with van der Waals surface area (Å²) in [5.74, 6) is -0.846. The summed E-state index contributed by atoms with van der Waals surface area (Å²) in [6.07, 6.45) is 0. The quantitative estimate of drug-likeness (QED) is 0.544. The third-order valence-corrected chi connectivity index (χ3v) is 1.17. The molecule has 52 valence electrons. The molecule has 0 heterocycles. The Morgan fingerprint density at radius 2 is 2.50 bits per heavy atom. The van der Waals surface area contributed by atoms with Crippen molar-refractivity contribution in [3.63, 3.8) is 0 Å². The summed E-state index contributed by atoms with van der Waals surface area (Å²) in [6, 6.07) is 3.60. The second-order valence-electron chi connectivity index (χ2n) is 1.98. The van der Waals surface area contributed by atoms with Crippen LogP contribution in [-0.4, -0.2) is 5.78 Å². The molecule has 0 fully saturated rings. The molecular weight excluding hydrogens is 131 g/mol. The van der Waals surface area contributed by atoms with Crippen LogP contribution >= 0.6 is 0 Å². The van der Waals surface area contributed by atoms with Crippen LogP contribution in [0, 0.1) is 5.82 Å². The molecule has 0 unspecified atom stereocenters. The molecule has 1 aromatic rings. The Labute approximate surface area is 59.9 Å². The van der Waals surface area contributed by atoms with Crippen molar-refractivity contribution in [1.82, 2.24) is 0 Å². The SMILES string of the molecule is [2H]c1ccc(C(C)=O)cc1F. The molecule has 0 radical (unpaired) electrons. The summed E-state index contributed by atoms with van der Waals surface area (Å²) >= 11 is 0. The zero-order valence-electron chi connectivity index (χ0n) is 6.52. The fraction of sp³-hybridized carbons (Fsp3) is 0.125. The molecule has 0 aliphatic rings. The largest absolute Gasteiger partial charge is 0.295 e. The van der Waals surface area contributed by atoms with Crippen molar-refractivity contribution in [2.45, 2.75) is 6.92 Å².